The second-order valence-electron chi connectivity index (χ2n) is 6.04. The Kier molecular flexibility index (Phi) is 4.54. The molecule has 0 aliphatic rings. The number of rotatable bonds is 3. The molecule has 0 fully saturated rings. The molecule has 0 radical (unpaired) electrons. The molecule has 9 nitrogen and oxygen atoms in total. The van der Waals surface area contributed by atoms with Gasteiger partial charge in [0, 0.05) is 16.8 Å². The Morgan fingerprint density at radius 2 is 2.07 bits per heavy atom. The van der Waals surface area contributed by atoms with Crippen molar-refractivity contribution in [3.05, 3.63) is 59.1 Å². The van der Waals surface area contributed by atoms with E-state index < -0.39 is 0 Å². The van der Waals surface area contributed by atoms with Crippen LogP contribution in [0.25, 0.3) is 16.9 Å². The van der Waals surface area contributed by atoms with Crippen LogP contribution in [0, 0.1) is 11.3 Å². The number of aromatic nitrogens is 5. The van der Waals surface area contributed by atoms with Crippen molar-refractivity contribution in [2.45, 2.75) is 6.92 Å². The normalized spacial score (nSPS) is 11.6. The molecule has 142 valence electrons. The third-order valence-electron chi connectivity index (χ3n) is 4.24. The summed E-state index contributed by atoms with van der Waals surface area (Å²) in [5.41, 5.74) is 8.34. The number of phenolic OH excluding ortho intramolecular Hbond substituents is 1. The molecule has 3 aromatic heterocycles. The number of phenols is 1. The number of benzene rings is 1. The van der Waals surface area contributed by atoms with E-state index in [1.807, 2.05) is 6.07 Å². The summed E-state index contributed by atoms with van der Waals surface area (Å²) in [5.74, 6) is 0.235. The summed E-state index contributed by atoms with van der Waals surface area (Å²) in [7, 11) is 0. The van der Waals surface area contributed by atoms with Crippen molar-refractivity contribution >= 4 is 34.6 Å². The van der Waals surface area contributed by atoms with Crippen molar-refractivity contribution in [1.29, 1.82) is 5.26 Å². The number of fused-ring (bicyclic) bond motifs is 1. The van der Waals surface area contributed by atoms with E-state index in [4.69, 9.17) is 17.3 Å². The van der Waals surface area contributed by atoms with Gasteiger partial charge in [-0.05, 0) is 25.1 Å². The third-order valence-corrected chi connectivity index (χ3v) is 4.50. The minimum Gasteiger partial charge on any atom is -0.507 e. The van der Waals surface area contributed by atoms with Gasteiger partial charge in [0.15, 0.2) is 16.6 Å². The van der Waals surface area contributed by atoms with Crippen molar-refractivity contribution in [2.24, 2.45) is 4.99 Å². The molecular weight excluding hydrogens is 392 g/mol. The molecule has 0 spiro atoms. The number of nitrogens with zero attached hydrogens (tertiary/aromatic N) is 7. The number of halogens is 1. The maximum absolute atomic E-state index is 10.4. The smallest absolute Gasteiger partial charge is 0.175 e. The molecule has 0 aliphatic carbocycles. The summed E-state index contributed by atoms with van der Waals surface area (Å²) < 4.78 is 1.46. The highest BCUT2D eigenvalue weighted by atomic mass is 35.5. The van der Waals surface area contributed by atoms with Crippen molar-refractivity contribution < 1.29 is 5.11 Å². The molecule has 0 saturated carbocycles. The number of nitrogens with two attached hydrogens (primary N) is 1. The minimum atomic E-state index is 0.0450. The van der Waals surface area contributed by atoms with E-state index in [0.717, 1.165) is 0 Å². The number of para-hydroxylation sites is 1. The highest BCUT2D eigenvalue weighted by molar-refractivity contribution is 6.29. The van der Waals surface area contributed by atoms with Crippen LogP contribution >= 0.6 is 11.6 Å². The van der Waals surface area contributed by atoms with Gasteiger partial charge < -0.3 is 10.8 Å². The predicted molar refractivity (Wildman–Crippen MR) is 108 cm³/mol. The number of nitrogen functional groups attached to an aromatic ring is 1. The number of aliphatic imine (C=N–C) groups is 1. The van der Waals surface area contributed by atoms with Crippen LogP contribution in [0.2, 0.25) is 5.15 Å². The Labute approximate surface area is 169 Å². The van der Waals surface area contributed by atoms with Crippen LogP contribution in [-0.2, 0) is 0 Å². The zero-order valence-electron chi connectivity index (χ0n) is 15.1. The van der Waals surface area contributed by atoms with Gasteiger partial charge in [0.1, 0.15) is 35.2 Å². The fourth-order valence-corrected chi connectivity index (χ4v) is 3.01. The molecule has 0 amide bonds. The Morgan fingerprint density at radius 3 is 2.83 bits per heavy atom. The van der Waals surface area contributed by atoms with E-state index in [1.54, 1.807) is 37.3 Å². The molecule has 4 aromatic rings. The van der Waals surface area contributed by atoms with Crippen molar-refractivity contribution in [3.8, 4) is 23.1 Å². The average Bonchev–Trinajstić information content (AvgIpc) is 3.08. The zero-order valence-corrected chi connectivity index (χ0v) is 15.8. The van der Waals surface area contributed by atoms with Gasteiger partial charge in [-0.3, -0.25) is 0 Å². The quantitative estimate of drug-likeness (QED) is 0.500. The summed E-state index contributed by atoms with van der Waals surface area (Å²) >= 11 is 6.17. The van der Waals surface area contributed by atoms with Crippen LogP contribution in [0.3, 0.4) is 0 Å². The molecule has 0 saturated heterocycles. The SMILES string of the molecule is C/C(=N\c1ncnc(N)c1C#N)c1cc2ncc(Cl)n2nc1-c1ccccc1O. The number of anilines is 1. The molecule has 0 bridgehead atoms. The molecule has 3 N–H and O–H groups in total. The topological polar surface area (TPSA) is 138 Å². The number of hydrogen-bond donors (Lipinski definition) is 2. The standard InChI is InChI=1S/C19H13ClN8O/c1-10(26-19-13(7-21)18(22)24-9-25-19)12-6-16-23-8-15(20)28(16)27-17(12)11-4-2-3-5-14(11)29/h2-6,8-9,29H,1H3,(H2,22,24,25)/b26-10+. The van der Waals surface area contributed by atoms with Crippen molar-refractivity contribution in [3.63, 3.8) is 0 Å². The first kappa shape index (κ1) is 18.3. The highest BCUT2D eigenvalue weighted by Gasteiger charge is 2.18. The number of imidazole rings is 1. The first-order chi connectivity index (χ1) is 14.0. The zero-order chi connectivity index (χ0) is 20.5. The first-order valence-corrected chi connectivity index (χ1v) is 8.76. The summed E-state index contributed by atoms with van der Waals surface area (Å²) in [5, 5.41) is 24.6. The van der Waals surface area contributed by atoms with Gasteiger partial charge in [-0.25, -0.2) is 24.5 Å². The molecule has 0 atom stereocenters. The van der Waals surface area contributed by atoms with Crippen LogP contribution in [0.4, 0.5) is 11.6 Å². The highest BCUT2D eigenvalue weighted by Crippen LogP contribution is 2.32. The van der Waals surface area contributed by atoms with Crippen LogP contribution in [-0.4, -0.2) is 35.4 Å². The van der Waals surface area contributed by atoms with Gasteiger partial charge in [0.25, 0.3) is 0 Å². The van der Waals surface area contributed by atoms with Crippen molar-refractivity contribution in [1.82, 2.24) is 24.6 Å². The molecule has 3 heterocycles. The number of nitriles is 1. The van der Waals surface area contributed by atoms with Crippen LogP contribution < -0.4 is 5.73 Å². The molecule has 0 unspecified atom stereocenters. The van der Waals surface area contributed by atoms with Gasteiger partial charge in [-0.1, -0.05) is 23.7 Å². The maximum atomic E-state index is 10.4. The van der Waals surface area contributed by atoms with Gasteiger partial charge in [-0.15, -0.1) is 0 Å². The monoisotopic (exact) mass is 404 g/mol. The lowest BCUT2D eigenvalue weighted by atomic mass is 10.0. The summed E-state index contributed by atoms with van der Waals surface area (Å²) in [6, 6.07) is 10.5. The van der Waals surface area contributed by atoms with Crippen molar-refractivity contribution in [2.75, 3.05) is 5.73 Å². The Bertz CT molecular complexity index is 1320. The van der Waals surface area contributed by atoms with Crippen LogP contribution in [0.1, 0.15) is 18.1 Å². The lowest BCUT2D eigenvalue weighted by Crippen LogP contribution is -2.06. The van der Waals surface area contributed by atoms with Gasteiger partial charge in [-0.2, -0.15) is 10.4 Å². The first-order valence-electron chi connectivity index (χ1n) is 8.38. The van der Waals surface area contributed by atoms with E-state index >= 15 is 0 Å². The molecule has 0 aliphatic heterocycles. The summed E-state index contributed by atoms with van der Waals surface area (Å²) in [6.45, 7) is 1.74. The van der Waals surface area contributed by atoms with Gasteiger partial charge in [0.05, 0.1) is 6.20 Å². The van der Waals surface area contributed by atoms with E-state index in [0.29, 0.717) is 33.3 Å². The average molecular weight is 405 g/mol. The minimum absolute atomic E-state index is 0.0450. The van der Waals surface area contributed by atoms with Gasteiger partial charge in [0.2, 0.25) is 0 Å². The Hall–Kier alpha value is -4.03. The number of hydrogen-bond acceptors (Lipinski definition) is 8. The third kappa shape index (κ3) is 3.22. The summed E-state index contributed by atoms with van der Waals surface area (Å²) in [4.78, 5) is 16.6. The molecule has 1 aromatic carbocycles. The van der Waals surface area contributed by atoms with E-state index in [9.17, 15) is 10.4 Å². The van der Waals surface area contributed by atoms with E-state index in [2.05, 4.69) is 25.0 Å². The van der Waals surface area contributed by atoms with Crippen LogP contribution in [0.5, 0.6) is 5.75 Å². The summed E-state index contributed by atoms with van der Waals surface area (Å²) in [6.07, 6.45) is 2.72. The molecule has 4 rings (SSSR count). The lowest BCUT2D eigenvalue weighted by Gasteiger charge is -2.11. The van der Waals surface area contributed by atoms with E-state index in [-0.39, 0.29) is 22.9 Å². The predicted octanol–water partition coefficient (Wildman–Crippen LogP) is 3.14. The fourth-order valence-electron chi connectivity index (χ4n) is 2.84. The fraction of sp³-hybridized carbons (Fsp3) is 0.0526. The van der Waals surface area contributed by atoms with Gasteiger partial charge >= 0.3 is 0 Å². The maximum Gasteiger partial charge on any atom is 0.175 e. The van der Waals surface area contributed by atoms with Crippen LogP contribution in [0.15, 0.2) is 47.8 Å². The Balaban J connectivity index is 1.98. The largest absolute Gasteiger partial charge is 0.507 e. The Morgan fingerprint density at radius 1 is 1.28 bits per heavy atom. The molecular formula is C19H13ClN8O. The van der Waals surface area contributed by atoms with E-state index in [1.165, 1.54) is 17.0 Å². The number of aromatic hydroxyl groups is 1. The second kappa shape index (κ2) is 7.18. The molecule has 29 heavy (non-hydrogen) atoms. The lowest BCUT2D eigenvalue weighted by molar-refractivity contribution is 0.477. The molecule has 10 heteroatoms. The second-order valence-corrected chi connectivity index (χ2v) is 6.43.